The van der Waals surface area contributed by atoms with Crippen LogP contribution < -0.4 is 0 Å². The second kappa shape index (κ2) is 9.12. The van der Waals surface area contributed by atoms with Crippen molar-refractivity contribution in [1.82, 2.24) is 0 Å². The molecule has 0 aromatic carbocycles. The standard InChI is InChI=1S/C11H24O4Si/c1-3-13-16(14-4-2)15-9-7-5-6-8-11-10-12-11/h11,16H,3-10H2,1-2H3. The van der Waals surface area contributed by atoms with E-state index < -0.39 is 9.53 Å². The number of hydrogen-bond donors (Lipinski definition) is 0. The number of epoxide rings is 1. The van der Waals surface area contributed by atoms with E-state index in [-0.39, 0.29) is 0 Å². The van der Waals surface area contributed by atoms with Gasteiger partial charge in [-0.1, -0.05) is 12.8 Å². The molecule has 0 N–H and O–H groups in total. The smallest absolute Gasteiger partial charge is 0.376 e. The quantitative estimate of drug-likeness (QED) is 0.317. The van der Waals surface area contributed by atoms with E-state index in [2.05, 4.69) is 0 Å². The molecule has 0 aliphatic carbocycles. The Hall–Kier alpha value is 0.0569. The highest BCUT2D eigenvalue weighted by atomic mass is 28.3. The number of hydrogen-bond acceptors (Lipinski definition) is 4. The van der Waals surface area contributed by atoms with E-state index in [1.807, 2.05) is 13.8 Å². The van der Waals surface area contributed by atoms with Crippen LogP contribution in [0.25, 0.3) is 0 Å². The van der Waals surface area contributed by atoms with Gasteiger partial charge in [0.1, 0.15) is 0 Å². The van der Waals surface area contributed by atoms with Crippen molar-refractivity contribution in [1.29, 1.82) is 0 Å². The van der Waals surface area contributed by atoms with Gasteiger partial charge in [0.15, 0.2) is 0 Å². The molecule has 96 valence electrons. The van der Waals surface area contributed by atoms with Gasteiger partial charge in [-0.2, -0.15) is 0 Å². The predicted molar refractivity (Wildman–Crippen MR) is 64.6 cm³/mol. The number of ether oxygens (including phenoxy) is 1. The molecule has 0 saturated carbocycles. The first kappa shape index (κ1) is 14.1. The molecule has 1 atom stereocenters. The second-order valence-electron chi connectivity index (χ2n) is 3.87. The van der Waals surface area contributed by atoms with Crippen molar-refractivity contribution in [2.45, 2.75) is 45.6 Å². The molecule has 1 unspecified atom stereocenters. The summed E-state index contributed by atoms with van der Waals surface area (Å²) < 4.78 is 21.6. The van der Waals surface area contributed by atoms with Gasteiger partial charge in [-0.15, -0.1) is 0 Å². The van der Waals surface area contributed by atoms with Crippen molar-refractivity contribution in [2.75, 3.05) is 26.4 Å². The molecule has 1 aliphatic rings. The van der Waals surface area contributed by atoms with Gasteiger partial charge in [-0.25, -0.2) is 0 Å². The maximum atomic E-state index is 5.61. The van der Waals surface area contributed by atoms with Crippen LogP contribution in [0.5, 0.6) is 0 Å². The van der Waals surface area contributed by atoms with Gasteiger partial charge in [0.05, 0.1) is 12.7 Å². The first-order chi connectivity index (χ1) is 7.86. The molecule has 0 radical (unpaired) electrons. The fourth-order valence-corrected chi connectivity index (χ4v) is 2.67. The van der Waals surface area contributed by atoms with E-state index in [0.29, 0.717) is 19.3 Å². The van der Waals surface area contributed by atoms with Crippen molar-refractivity contribution in [3.63, 3.8) is 0 Å². The van der Waals surface area contributed by atoms with Gasteiger partial charge < -0.3 is 18.0 Å². The zero-order chi connectivity index (χ0) is 11.6. The van der Waals surface area contributed by atoms with E-state index in [1.165, 1.54) is 19.3 Å². The average molecular weight is 248 g/mol. The van der Waals surface area contributed by atoms with Crippen molar-refractivity contribution >= 4 is 9.53 Å². The predicted octanol–water partition coefficient (Wildman–Crippen LogP) is 1.75. The molecule has 5 heteroatoms. The number of unbranched alkanes of at least 4 members (excludes halogenated alkanes) is 2. The average Bonchev–Trinajstić information content (AvgIpc) is 3.07. The summed E-state index contributed by atoms with van der Waals surface area (Å²) in [6, 6.07) is 0. The highest BCUT2D eigenvalue weighted by Gasteiger charge is 2.21. The third kappa shape index (κ3) is 7.35. The minimum absolute atomic E-state index is 0.565. The molecular formula is C11H24O4Si. The second-order valence-corrected chi connectivity index (χ2v) is 5.45. The van der Waals surface area contributed by atoms with Crippen LogP contribution in [-0.4, -0.2) is 42.1 Å². The summed E-state index contributed by atoms with van der Waals surface area (Å²) in [5, 5.41) is 0. The summed E-state index contributed by atoms with van der Waals surface area (Å²) in [5.74, 6) is 0. The molecule has 0 spiro atoms. The highest BCUT2D eigenvalue weighted by Crippen LogP contribution is 2.17. The van der Waals surface area contributed by atoms with Crippen molar-refractivity contribution in [3.8, 4) is 0 Å². The molecule has 1 rings (SSSR count). The molecule has 0 aromatic heterocycles. The van der Waals surface area contributed by atoms with E-state index in [9.17, 15) is 0 Å². The zero-order valence-corrected chi connectivity index (χ0v) is 11.6. The lowest BCUT2D eigenvalue weighted by molar-refractivity contribution is 0.100. The minimum Gasteiger partial charge on any atom is -0.376 e. The fourth-order valence-electron chi connectivity index (χ4n) is 1.48. The van der Waals surface area contributed by atoms with Crippen molar-refractivity contribution < 1.29 is 18.0 Å². The number of rotatable bonds is 11. The Kier molecular flexibility index (Phi) is 8.05. The summed E-state index contributed by atoms with van der Waals surface area (Å²) >= 11 is 0. The monoisotopic (exact) mass is 248 g/mol. The zero-order valence-electron chi connectivity index (χ0n) is 10.4. The van der Waals surface area contributed by atoms with Crippen LogP contribution in [0.3, 0.4) is 0 Å². The molecule has 1 saturated heterocycles. The summed E-state index contributed by atoms with van der Waals surface area (Å²) in [6.45, 7) is 7.03. The van der Waals surface area contributed by atoms with Gasteiger partial charge >= 0.3 is 9.53 Å². The highest BCUT2D eigenvalue weighted by molar-refractivity contribution is 6.36. The summed E-state index contributed by atoms with van der Waals surface area (Å²) in [6.07, 6.45) is 5.31. The van der Waals surface area contributed by atoms with Crippen LogP contribution in [0.4, 0.5) is 0 Å². The lowest BCUT2D eigenvalue weighted by Gasteiger charge is -2.14. The maximum Gasteiger partial charge on any atom is 0.484 e. The van der Waals surface area contributed by atoms with Crippen molar-refractivity contribution in [2.24, 2.45) is 0 Å². The molecule has 1 heterocycles. The van der Waals surface area contributed by atoms with Gasteiger partial charge in [0.25, 0.3) is 0 Å². The fraction of sp³-hybridized carbons (Fsp3) is 1.00. The molecule has 4 nitrogen and oxygen atoms in total. The third-order valence-electron chi connectivity index (χ3n) is 2.43. The van der Waals surface area contributed by atoms with Crippen LogP contribution in [0.1, 0.15) is 39.5 Å². The van der Waals surface area contributed by atoms with Gasteiger partial charge in [0.2, 0.25) is 0 Å². The van der Waals surface area contributed by atoms with E-state index in [0.717, 1.165) is 19.6 Å². The van der Waals surface area contributed by atoms with Crippen LogP contribution in [0.15, 0.2) is 0 Å². The van der Waals surface area contributed by atoms with Crippen molar-refractivity contribution in [3.05, 3.63) is 0 Å². The SMILES string of the molecule is CCO[SiH](OCC)OCCCCCC1CO1. The molecule has 0 aromatic rings. The first-order valence-electron chi connectivity index (χ1n) is 6.33. The Morgan fingerprint density at radius 1 is 1.06 bits per heavy atom. The Morgan fingerprint density at radius 2 is 1.75 bits per heavy atom. The van der Waals surface area contributed by atoms with Gasteiger partial charge in [0, 0.05) is 19.8 Å². The summed E-state index contributed by atoms with van der Waals surface area (Å²) in [5.41, 5.74) is 0. The Morgan fingerprint density at radius 3 is 2.31 bits per heavy atom. The Labute approximate surface area is 100 Å². The molecular weight excluding hydrogens is 224 g/mol. The van der Waals surface area contributed by atoms with E-state index in [4.69, 9.17) is 18.0 Å². The lowest BCUT2D eigenvalue weighted by Crippen LogP contribution is -2.27. The largest absolute Gasteiger partial charge is 0.484 e. The molecule has 1 fully saturated rings. The molecule has 1 aliphatic heterocycles. The maximum absolute atomic E-state index is 5.61. The third-order valence-corrected chi connectivity index (χ3v) is 4.15. The molecule has 16 heavy (non-hydrogen) atoms. The lowest BCUT2D eigenvalue weighted by atomic mass is 10.2. The topological polar surface area (TPSA) is 40.2 Å². The van der Waals surface area contributed by atoms with E-state index in [1.54, 1.807) is 0 Å². The Balaban J connectivity index is 1.85. The van der Waals surface area contributed by atoms with Crippen LogP contribution in [-0.2, 0) is 18.0 Å². The molecule has 0 bridgehead atoms. The Bertz CT molecular complexity index is 158. The van der Waals surface area contributed by atoms with E-state index >= 15 is 0 Å². The molecule has 0 amide bonds. The van der Waals surface area contributed by atoms with Gasteiger partial charge in [-0.3, -0.25) is 0 Å². The van der Waals surface area contributed by atoms with Crippen LogP contribution >= 0.6 is 0 Å². The first-order valence-corrected chi connectivity index (χ1v) is 7.74. The van der Waals surface area contributed by atoms with Gasteiger partial charge in [-0.05, 0) is 26.7 Å². The minimum atomic E-state index is -1.82. The summed E-state index contributed by atoms with van der Waals surface area (Å²) in [7, 11) is -1.82. The van der Waals surface area contributed by atoms with Crippen LogP contribution in [0, 0.1) is 0 Å². The van der Waals surface area contributed by atoms with Crippen LogP contribution in [0.2, 0.25) is 0 Å². The summed E-state index contributed by atoms with van der Waals surface area (Å²) in [4.78, 5) is 0. The normalized spacial score (nSPS) is 19.3.